The van der Waals surface area contributed by atoms with Gasteiger partial charge in [-0.15, -0.1) is 0 Å². The van der Waals surface area contributed by atoms with Crippen LogP contribution in [0.1, 0.15) is 34.1 Å². The van der Waals surface area contributed by atoms with Gasteiger partial charge in [-0.2, -0.15) is 0 Å². The maximum atomic E-state index is 11.0. The molecule has 0 saturated carbocycles. The number of amides is 2. The van der Waals surface area contributed by atoms with Crippen LogP contribution in [0.2, 0.25) is 0 Å². The van der Waals surface area contributed by atoms with E-state index in [1.54, 1.807) is 0 Å². The first-order chi connectivity index (χ1) is 4.91. The molecule has 1 atom stereocenters. The summed E-state index contributed by atoms with van der Waals surface area (Å²) in [6, 6.07) is -0.0562. The summed E-state index contributed by atoms with van der Waals surface area (Å²) in [7, 11) is 0. The quantitative estimate of drug-likeness (QED) is 0.589. The van der Waals surface area contributed by atoms with Gasteiger partial charge in [0.2, 0.25) is 0 Å². The fourth-order valence-corrected chi connectivity index (χ4v) is 1.39. The van der Waals surface area contributed by atoms with E-state index in [1.165, 1.54) is 0 Å². The van der Waals surface area contributed by atoms with Crippen LogP contribution in [0.5, 0.6) is 0 Å². The molecule has 64 valence electrons. The van der Waals surface area contributed by atoms with Gasteiger partial charge in [0.1, 0.15) is 0 Å². The molecule has 2 N–H and O–H groups in total. The van der Waals surface area contributed by atoms with Crippen molar-refractivity contribution in [3.05, 3.63) is 0 Å². The smallest absolute Gasteiger partial charge is 0.315 e. The Hall–Kier alpha value is -0.730. The second-order valence-electron chi connectivity index (χ2n) is 3.89. The summed E-state index contributed by atoms with van der Waals surface area (Å²) < 4.78 is 0. The van der Waals surface area contributed by atoms with E-state index >= 15 is 0 Å². The highest BCUT2D eigenvalue weighted by Gasteiger charge is 2.47. The van der Waals surface area contributed by atoms with Gasteiger partial charge in [0.15, 0.2) is 0 Å². The van der Waals surface area contributed by atoms with Crippen molar-refractivity contribution in [2.45, 2.75) is 45.2 Å². The molecule has 0 aromatic carbocycles. The number of hydrogen-bond donors (Lipinski definition) is 2. The SMILES string of the molecule is CCC1(C)NC(=O)NC1(C)C. The third-order valence-corrected chi connectivity index (χ3v) is 2.90. The Morgan fingerprint density at radius 3 is 2.00 bits per heavy atom. The molecule has 1 unspecified atom stereocenters. The Morgan fingerprint density at radius 2 is 1.82 bits per heavy atom. The Kier molecular flexibility index (Phi) is 1.62. The Balaban J connectivity index is 2.89. The molecule has 1 saturated heterocycles. The lowest BCUT2D eigenvalue weighted by atomic mass is 9.81. The van der Waals surface area contributed by atoms with E-state index in [-0.39, 0.29) is 17.1 Å². The number of hydrogen-bond acceptors (Lipinski definition) is 1. The molecule has 1 aliphatic heterocycles. The van der Waals surface area contributed by atoms with Crippen LogP contribution in [-0.2, 0) is 0 Å². The first-order valence-electron chi connectivity index (χ1n) is 4.01. The van der Waals surface area contributed by atoms with Crippen LogP contribution >= 0.6 is 0 Å². The van der Waals surface area contributed by atoms with Gasteiger partial charge in [0.05, 0.1) is 11.1 Å². The molecule has 3 nitrogen and oxygen atoms in total. The molecular weight excluding hydrogens is 140 g/mol. The van der Waals surface area contributed by atoms with E-state index in [0.717, 1.165) is 6.42 Å². The lowest BCUT2D eigenvalue weighted by molar-refractivity contribution is 0.244. The second-order valence-corrected chi connectivity index (χ2v) is 3.89. The zero-order chi connectivity index (χ0) is 8.70. The third kappa shape index (κ3) is 1.08. The van der Waals surface area contributed by atoms with Gasteiger partial charge >= 0.3 is 6.03 Å². The van der Waals surface area contributed by atoms with Gasteiger partial charge in [0.25, 0.3) is 0 Å². The van der Waals surface area contributed by atoms with Crippen molar-refractivity contribution in [3.8, 4) is 0 Å². The van der Waals surface area contributed by atoms with E-state index in [0.29, 0.717) is 0 Å². The highest BCUT2D eigenvalue weighted by molar-refractivity contribution is 5.79. The topological polar surface area (TPSA) is 41.1 Å². The largest absolute Gasteiger partial charge is 0.331 e. The van der Waals surface area contributed by atoms with Gasteiger partial charge in [-0.1, -0.05) is 6.92 Å². The van der Waals surface area contributed by atoms with Crippen molar-refractivity contribution in [1.82, 2.24) is 10.6 Å². The summed E-state index contributed by atoms with van der Waals surface area (Å²) in [5.41, 5.74) is -0.247. The maximum absolute atomic E-state index is 11.0. The maximum Gasteiger partial charge on any atom is 0.315 e. The van der Waals surface area contributed by atoms with Crippen molar-refractivity contribution in [1.29, 1.82) is 0 Å². The molecule has 0 bridgehead atoms. The summed E-state index contributed by atoms with van der Waals surface area (Å²) >= 11 is 0. The minimum absolute atomic E-state index is 0.0562. The number of nitrogens with one attached hydrogen (secondary N) is 2. The Morgan fingerprint density at radius 1 is 1.27 bits per heavy atom. The first kappa shape index (κ1) is 8.37. The van der Waals surface area contributed by atoms with Crippen molar-refractivity contribution in [2.75, 3.05) is 0 Å². The van der Waals surface area contributed by atoms with E-state index in [9.17, 15) is 4.79 Å². The minimum Gasteiger partial charge on any atom is -0.331 e. The fraction of sp³-hybridized carbons (Fsp3) is 0.875. The standard InChI is InChI=1S/C8H16N2O/c1-5-8(4)7(2,3)9-6(11)10-8/h5H2,1-4H3,(H2,9,10,11). The van der Waals surface area contributed by atoms with Gasteiger partial charge in [0, 0.05) is 0 Å². The normalized spacial score (nSPS) is 34.7. The third-order valence-electron chi connectivity index (χ3n) is 2.90. The average molecular weight is 156 g/mol. The Labute approximate surface area is 67.5 Å². The van der Waals surface area contributed by atoms with Crippen LogP contribution in [0.4, 0.5) is 4.79 Å². The average Bonchev–Trinajstić information content (AvgIpc) is 2.03. The molecule has 0 aliphatic carbocycles. The van der Waals surface area contributed by atoms with Crippen LogP contribution in [0.3, 0.4) is 0 Å². The molecule has 1 aliphatic rings. The van der Waals surface area contributed by atoms with Crippen molar-refractivity contribution >= 4 is 6.03 Å². The van der Waals surface area contributed by atoms with Gasteiger partial charge < -0.3 is 10.6 Å². The first-order valence-corrected chi connectivity index (χ1v) is 4.01. The van der Waals surface area contributed by atoms with Crippen LogP contribution < -0.4 is 10.6 Å². The summed E-state index contributed by atoms with van der Waals surface area (Å²) in [5.74, 6) is 0. The monoisotopic (exact) mass is 156 g/mol. The molecule has 1 fully saturated rings. The van der Waals surface area contributed by atoms with E-state index in [2.05, 4.69) is 24.5 Å². The zero-order valence-electron chi connectivity index (χ0n) is 7.62. The Bertz CT molecular complexity index is 189. The second kappa shape index (κ2) is 2.13. The lowest BCUT2D eigenvalue weighted by Gasteiger charge is -2.35. The van der Waals surface area contributed by atoms with Crippen molar-refractivity contribution in [2.24, 2.45) is 0 Å². The molecule has 1 heterocycles. The van der Waals surface area contributed by atoms with E-state index < -0.39 is 0 Å². The van der Waals surface area contributed by atoms with Crippen molar-refractivity contribution in [3.63, 3.8) is 0 Å². The summed E-state index contributed by atoms with van der Waals surface area (Å²) in [4.78, 5) is 11.0. The van der Waals surface area contributed by atoms with Crippen LogP contribution in [0, 0.1) is 0 Å². The molecule has 0 radical (unpaired) electrons. The molecule has 3 heteroatoms. The fourth-order valence-electron chi connectivity index (χ4n) is 1.39. The summed E-state index contributed by atoms with van der Waals surface area (Å²) in [6.45, 7) is 8.21. The van der Waals surface area contributed by atoms with Crippen LogP contribution in [0.25, 0.3) is 0 Å². The van der Waals surface area contributed by atoms with Crippen LogP contribution in [-0.4, -0.2) is 17.1 Å². The van der Waals surface area contributed by atoms with E-state index in [1.807, 2.05) is 13.8 Å². The van der Waals surface area contributed by atoms with Gasteiger partial charge in [-0.05, 0) is 27.2 Å². The molecule has 0 aromatic heterocycles. The molecular formula is C8H16N2O. The highest BCUT2D eigenvalue weighted by Crippen LogP contribution is 2.28. The van der Waals surface area contributed by atoms with E-state index in [4.69, 9.17) is 0 Å². The highest BCUT2D eigenvalue weighted by atomic mass is 16.2. The molecule has 1 rings (SSSR count). The summed E-state index contributed by atoms with van der Waals surface area (Å²) in [5, 5.41) is 5.80. The van der Waals surface area contributed by atoms with Crippen LogP contribution in [0.15, 0.2) is 0 Å². The lowest BCUT2D eigenvalue weighted by Crippen LogP contribution is -2.53. The number of carbonyl (C=O) groups is 1. The summed E-state index contributed by atoms with van der Waals surface area (Å²) in [6.07, 6.45) is 0.943. The number of urea groups is 1. The zero-order valence-corrected chi connectivity index (χ0v) is 7.62. The van der Waals surface area contributed by atoms with Gasteiger partial charge in [-0.25, -0.2) is 4.79 Å². The molecule has 2 amide bonds. The predicted octanol–water partition coefficient (Wildman–Crippen LogP) is 1.25. The predicted molar refractivity (Wildman–Crippen MR) is 44.4 cm³/mol. The molecule has 0 spiro atoms. The van der Waals surface area contributed by atoms with Crippen molar-refractivity contribution < 1.29 is 4.79 Å². The number of rotatable bonds is 1. The number of carbonyl (C=O) groups excluding carboxylic acids is 1. The minimum atomic E-state index is -0.140. The molecule has 0 aromatic rings. The van der Waals surface area contributed by atoms with Gasteiger partial charge in [-0.3, -0.25) is 0 Å². The molecule has 11 heavy (non-hydrogen) atoms.